The average molecular weight is 484 g/mol. The van der Waals surface area contributed by atoms with Crippen LogP contribution >= 0.6 is 0 Å². The second kappa shape index (κ2) is 8.98. The first kappa shape index (κ1) is 23.3. The van der Waals surface area contributed by atoms with Crippen molar-refractivity contribution in [3.05, 3.63) is 71.3 Å². The fourth-order valence-corrected chi connectivity index (χ4v) is 4.88. The maximum atomic E-state index is 14.7. The number of hydrogen-bond acceptors (Lipinski definition) is 5. The summed E-state index contributed by atoms with van der Waals surface area (Å²) >= 11 is 0. The van der Waals surface area contributed by atoms with E-state index >= 15 is 0 Å². The number of methoxy groups -OCH3 is 2. The molecule has 2 amide bonds. The second-order valence-corrected chi connectivity index (χ2v) is 9.10. The van der Waals surface area contributed by atoms with Crippen LogP contribution in [0, 0.1) is 11.6 Å². The number of aliphatic hydroxyl groups is 1. The summed E-state index contributed by atoms with van der Waals surface area (Å²) < 4.78 is 39.6. The lowest BCUT2D eigenvalue weighted by Crippen LogP contribution is -2.51. The van der Waals surface area contributed by atoms with Crippen LogP contribution in [0.15, 0.2) is 48.5 Å². The molecule has 0 bridgehead atoms. The van der Waals surface area contributed by atoms with Crippen LogP contribution in [0.25, 0.3) is 10.8 Å². The monoisotopic (exact) mass is 483 g/mol. The van der Waals surface area contributed by atoms with E-state index in [1.807, 2.05) is 36.4 Å². The average Bonchev–Trinajstić information content (AvgIpc) is 3.55. The number of hydrogen-bond donors (Lipinski definition) is 4. The number of rotatable bonds is 6. The standard InChI is InChI=1S/C26H27F2N3O4/c1-34-17-6-4-14-9-16(5-3-15(14)10-17)26(7-8-26)31-25(33)30-23-19(13-29-24(23)32)22-20(27)11-18(35-2)12-21(22)28/h3-6,9-12,19,23-24,29,32H,7-8,13H2,1-2H3,(H2,30,31,33)/t19-,23-,24?/m0/s1. The van der Waals surface area contributed by atoms with Crippen molar-refractivity contribution >= 4 is 16.8 Å². The highest BCUT2D eigenvalue weighted by Gasteiger charge is 2.47. The largest absolute Gasteiger partial charge is 0.497 e. The molecule has 184 valence electrons. The molecule has 2 fully saturated rings. The molecule has 3 atom stereocenters. The van der Waals surface area contributed by atoms with Crippen LogP contribution in [0.4, 0.5) is 13.6 Å². The highest BCUT2D eigenvalue weighted by Crippen LogP contribution is 2.46. The molecule has 0 aromatic heterocycles. The molecule has 1 aliphatic heterocycles. The highest BCUT2D eigenvalue weighted by atomic mass is 19.1. The summed E-state index contributed by atoms with van der Waals surface area (Å²) in [4.78, 5) is 13.0. The third kappa shape index (κ3) is 4.37. The maximum Gasteiger partial charge on any atom is 0.315 e. The summed E-state index contributed by atoms with van der Waals surface area (Å²) in [7, 11) is 2.94. The second-order valence-electron chi connectivity index (χ2n) is 9.10. The summed E-state index contributed by atoms with van der Waals surface area (Å²) in [6.45, 7) is 0.103. The van der Waals surface area contributed by atoms with Gasteiger partial charge < -0.3 is 25.2 Å². The zero-order valence-corrected chi connectivity index (χ0v) is 19.4. The van der Waals surface area contributed by atoms with Crippen molar-refractivity contribution in [1.82, 2.24) is 16.0 Å². The van der Waals surface area contributed by atoms with E-state index in [4.69, 9.17) is 9.47 Å². The fourth-order valence-electron chi connectivity index (χ4n) is 4.88. The molecule has 5 rings (SSSR count). The Labute approximate surface area is 201 Å². The van der Waals surface area contributed by atoms with E-state index < -0.39 is 41.4 Å². The minimum Gasteiger partial charge on any atom is -0.497 e. The van der Waals surface area contributed by atoms with Crippen LogP contribution in [-0.2, 0) is 5.54 Å². The zero-order chi connectivity index (χ0) is 24.7. The molecule has 1 saturated carbocycles. The molecular formula is C26H27F2N3O4. The van der Waals surface area contributed by atoms with E-state index in [1.54, 1.807) is 7.11 Å². The molecule has 7 nitrogen and oxygen atoms in total. The van der Waals surface area contributed by atoms with Crippen LogP contribution in [0.5, 0.6) is 11.5 Å². The molecule has 1 heterocycles. The van der Waals surface area contributed by atoms with Gasteiger partial charge in [0.2, 0.25) is 0 Å². The summed E-state index contributed by atoms with van der Waals surface area (Å²) in [6, 6.07) is 12.6. The molecule has 1 saturated heterocycles. The number of ether oxygens (including phenoxy) is 2. The van der Waals surface area contributed by atoms with Crippen LogP contribution in [-0.4, -0.2) is 44.2 Å². The van der Waals surface area contributed by atoms with Crippen molar-refractivity contribution in [2.24, 2.45) is 0 Å². The van der Waals surface area contributed by atoms with E-state index in [0.717, 1.165) is 47.1 Å². The molecule has 0 spiro atoms. The number of benzene rings is 3. The molecule has 3 aromatic carbocycles. The van der Waals surface area contributed by atoms with Gasteiger partial charge in [0.25, 0.3) is 0 Å². The number of carbonyl (C=O) groups excluding carboxylic acids is 1. The Morgan fingerprint density at radius 1 is 1.00 bits per heavy atom. The van der Waals surface area contributed by atoms with Gasteiger partial charge in [-0.05, 0) is 47.4 Å². The van der Waals surface area contributed by atoms with Gasteiger partial charge in [0.1, 0.15) is 29.4 Å². The van der Waals surface area contributed by atoms with E-state index in [-0.39, 0.29) is 17.9 Å². The third-order valence-electron chi connectivity index (χ3n) is 6.98. The molecule has 4 N–H and O–H groups in total. The van der Waals surface area contributed by atoms with Crippen molar-refractivity contribution in [1.29, 1.82) is 0 Å². The van der Waals surface area contributed by atoms with Crippen LogP contribution in [0.2, 0.25) is 0 Å². The molecule has 1 aliphatic carbocycles. The Morgan fingerprint density at radius 3 is 2.31 bits per heavy atom. The molecule has 1 unspecified atom stereocenters. The third-order valence-corrected chi connectivity index (χ3v) is 6.98. The molecule has 0 radical (unpaired) electrons. The lowest BCUT2D eigenvalue weighted by molar-refractivity contribution is 0.126. The zero-order valence-electron chi connectivity index (χ0n) is 19.4. The fraction of sp³-hybridized carbons (Fsp3) is 0.346. The molecule has 3 aromatic rings. The van der Waals surface area contributed by atoms with E-state index in [2.05, 4.69) is 16.0 Å². The molecular weight excluding hydrogens is 456 g/mol. The highest BCUT2D eigenvalue weighted by molar-refractivity contribution is 5.85. The SMILES string of the molecule is COc1cc(F)c([C@@H]2CNC(O)[C@H]2NC(=O)NC2(c3ccc4cc(OC)ccc4c3)CC2)c(F)c1. The van der Waals surface area contributed by atoms with Gasteiger partial charge in [-0.15, -0.1) is 0 Å². The van der Waals surface area contributed by atoms with Gasteiger partial charge in [-0.1, -0.05) is 18.2 Å². The van der Waals surface area contributed by atoms with Crippen molar-refractivity contribution in [3.8, 4) is 11.5 Å². The minimum atomic E-state index is -1.16. The van der Waals surface area contributed by atoms with Crippen molar-refractivity contribution in [2.45, 2.75) is 36.6 Å². The van der Waals surface area contributed by atoms with E-state index in [1.165, 1.54) is 7.11 Å². The molecule has 9 heteroatoms. The van der Waals surface area contributed by atoms with Crippen LogP contribution in [0.3, 0.4) is 0 Å². The number of carbonyl (C=O) groups is 1. The van der Waals surface area contributed by atoms with Gasteiger partial charge in [0, 0.05) is 30.2 Å². The van der Waals surface area contributed by atoms with Crippen molar-refractivity contribution < 1.29 is 28.2 Å². The topological polar surface area (TPSA) is 91.9 Å². The lowest BCUT2D eigenvalue weighted by Gasteiger charge is -2.26. The predicted molar refractivity (Wildman–Crippen MR) is 127 cm³/mol. The van der Waals surface area contributed by atoms with Gasteiger partial charge in [0.05, 0.1) is 25.8 Å². The minimum absolute atomic E-state index is 0.0574. The first-order valence-corrected chi connectivity index (χ1v) is 11.4. The van der Waals surface area contributed by atoms with E-state index in [0.29, 0.717) is 0 Å². The van der Waals surface area contributed by atoms with Gasteiger partial charge in [-0.3, -0.25) is 5.32 Å². The van der Waals surface area contributed by atoms with Gasteiger partial charge in [-0.25, -0.2) is 13.6 Å². The number of halogens is 2. The summed E-state index contributed by atoms with van der Waals surface area (Å²) in [5.74, 6) is -1.55. The van der Waals surface area contributed by atoms with Gasteiger partial charge >= 0.3 is 6.03 Å². The van der Waals surface area contributed by atoms with Crippen molar-refractivity contribution in [2.75, 3.05) is 20.8 Å². The van der Waals surface area contributed by atoms with Crippen molar-refractivity contribution in [3.63, 3.8) is 0 Å². The quantitative estimate of drug-likeness (QED) is 0.431. The van der Waals surface area contributed by atoms with Gasteiger partial charge in [-0.2, -0.15) is 0 Å². The normalized spacial score (nSPS) is 22.6. The first-order valence-electron chi connectivity index (χ1n) is 11.4. The Balaban J connectivity index is 1.33. The smallest absolute Gasteiger partial charge is 0.315 e. The number of fused-ring (bicyclic) bond motifs is 1. The summed E-state index contributed by atoms with van der Waals surface area (Å²) in [5, 5.41) is 21.0. The number of aliphatic hydroxyl groups excluding tert-OH is 1. The number of urea groups is 1. The molecule has 35 heavy (non-hydrogen) atoms. The summed E-state index contributed by atoms with van der Waals surface area (Å²) in [6.07, 6.45) is 0.370. The Hall–Kier alpha value is -3.43. The Bertz CT molecular complexity index is 1260. The summed E-state index contributed by atoms with van der Waals surface area (Å²) in [5.41, 5.74) is 0.242. The number of nitrogens with one attached hydrogen (secondary N) is 3. The lowest BCUT2D eigenvalue weighted by atomic mass is 9.92. The van der Waals surface area contributed by atoms with Gasteiger partial charge in [0.15, 0.2) is 0 Å². The van der Waals surface area contributed by atoms with Crippen LogP contribution in [0.1, 0.15) is 29.9 Å². The maximum absolute atomic E-state index is 14.7. The number of amides is 2. The predicted octanol–water partition coefficient (Wildman–Crippen LogP) is 3.50. The first-order chi connectivity index (χ1) is 16.8. The Morgan fingerprint density at radius 2 is 1.66 bits per heavy atom. The van der Waals surface area contributed by atoms with E-state index in [9.17, 15) is 18.7 Å². The Kier molecular flexibility index (Phi) is 5.98. The van der Waals surface area contributed by atoms with Crippen LogP contribution < -0.4 is 25.4 Å². The molecule has 2 aliphatic rings.